The van der Waals surface area contributed by atoms with Crippen molar-refractivity contribution in [3.8, 4) is 11.4 Å². The topological polar surface area (TPSA) is 64.6 Å². The summed E-state index contributed by atoms with van der Waals surface area (Å²) in [4.78, 5) is 23.5. The maximum absolute atomic E-state index is 12.9. The zero-order chi connectivity index (χ0) is 17.1. The minimum Gasteiger partial charge on any atom is -0.348 e. The first-order chi connectivity index (χ1) is 12.3. The van der Waals surface area contributed by atoms with Crippen LogP contribution in [0.15, 0.2) is 42.7 Å². The van der Waals surface area contributed by atoms with E-state index in [1.165, 1.54) is 0 Å². The number of benzene rings is 1. The van der Waals surface area contributed by atoms with Gasteiger partial charge in [0.15, 0.2) is 12.1 Å². The molecule has 25 heavy (non-hydrogen) atoms. The van der Waals surface area contributed by atoms with Crippen LogP contribution in [0.25, 0.3) is 11.4 Å². The number of ether oxygens (including phenoxy) is 2. The number of carbonyl (C=O) groups is 1. The van der Waals surface area contributed by atoms with Crippen molar-refractivity contribution in [2.24, 2.45) is 0 Å². The lowest BCUT2D eigenvalue weighted by atomic mass is 10.0. The largest absolute Gasteiger partial charge is 0.348 e. The highest BCUT2D eigenvalue weighted by Gasteiger charge is 2.36. The molecule has 0 unspecified atom stereocenters. The first-order valence-electron chi connectivity index (χ1n) is 8.74. The van der Waals surface area contributed by atoms with Gasteiger partial charge in [0.1, 0.15) is 0 Å². The molecule has 2 fully saturated rings. The van der Waals surface area contributed by atoms with E-state index in [4.69, 9.17) is 9.47 Å². The average molecular weight is 339 g/mol. The summed E-state index contributed by atoms with van der Waals surface area (Å²) in [5.74, 6) is 0.568. The summed E-state index contributed by atoms with van der Waals surface area (Å²) in [5.41, 5.74) is 1.44. The van der Waals surface area contributed by atoms with Gasteiger partial charge in [-0.05, 0) is 19.3 Å². The normalized spacial score (nSPS) is 21.4. The number of likely N-dealkylation sites (tertiary alicyclic amines) is 1. The van der Waals surface area contributed by atoms with Crippen LogP contribution in [0.1, 0.15) is 29.6 Å². The van der Waals surface area contributed by atoms with Crippen LogP contribution in [0.3, 0.4) is 0 Å². The van der Waals surface area contributed by atoms with Crippen LogP contribution < -0.4 is 0 Å². The monoisotopic (exact) mass is 339 g/mol. The van der Waals surface area contributed by atoms with Crippen molar-refractivity contribution in [1.82, 2.24) is 14.9 Å². The molecule has 6 heteroatoms. The van der Waals surface area contributed by atoms with Crippen LogP contribution in [0, 0.1) is 0 Å². The third-order valence-corrected chi connectivity index (χ3v) is 4.70. The van der Waals surface area contributed by atoms with Gasteiger partial charge in [0.05, 0.1) is 24.8 Å². The summed E-state index contributed by atoms with van der Waals surface area (Å²) in [6.45, 7) is 1.91. The molecule has 4 rings (SSSR count). The van der Waals surface area contributed by atoms with Gasteiger partial charge in [-0.3, -0.25) is 4.79 Å². The van der Waals surface area contributed by atoms with E-state index in [1.54, 1.807) is 12.4 Å². The summed E-state index contributed by atoms with van der Waals surface area (Å²) in [6.07, 6.45) is 5.89. The Labute approximate surface area is 146 Å². The number of rotatable bonds is 3. The molecule has 1 atom stereocenters. The SMILES string of the molecule is O=C(c1cnc(-c2ccccc2)nc1)N1CCCC[C@@H]1C1OCCO1. The van der Waals surface area contributed by atoms with Crippen molar-refractivity contribution in [2.45, 2.75) is 31.6 Å². The summed E-state index contributed by atoms with van der Waals surface area (Å²) < 4.78 is 11.3. The van der Waals surface area contributed by atoms with Gasteiger partial charge in [-0.1, -0.05) is 30.3 Å². The first-order valence-corrected chi connectivity index (χ1v) is 8.74. The van der Waals surface area contributed by atoms with Crippen LogP contribution in [0.5, 0.6) is 0 Å². The quantitative estimate of drug-likeness (QED) is 0.860. The maximum atomic E-state index is 12.9. The van der Waals surface area contributed by atoms with Gasteiger partial charge in [-0.2, -0.15) is 0 Å². The fraction of sp³-hybridized carbons (Fsp3) is 0.421. The Morgan fingerprint density at radius 2 is 1.76 bits per heavy atom. The summed E-state index contributed by atoms with van der Waals surface area (Å²) in [7, 11) is 0. The van der Waals surface area contributed by atoms with Gasteiger partial charge >= 0.3 is 0 Å². The fourth-order valence-electron chi connectivity index (χ4n) is 3.43. The summed E-state index contributed by atoms with van der Waals surface area (Å²) in [6, 6.07) is 9.71. The first kappa shape index (κ1) is 16.2. The van der Waals surface area contributed by atoms with Crippen LogP contribution >= 0.6 is 0 Å². The molecule has 1 amide bonds. The molecule has 3 heterocycles. The van der Waals surface area contributed by atoms with E-state index >= 15 is 0 Å². The minimum absolute atomic E-state index is 0.0300. The number of nitrogens with zero attached hydrogens (tertiary/aromatic N) is 3. The summed E-state index contributed by atoms with van der Waals surface area (Å²) >= 11 is 0. The number of hydrogen-bond acceptors (Lipinski definition) is 5. The Bertz CT molecular complexity index is 714. The number of amides is 1. The van der Waals surface area contributed by atoms with Gasteiger partial charge in [-0.25, -0.2) is 9.97 Å². The van der Waals surface area contributed by atoms with Crippen molar-refractivity contribution < 1.29 is 14.3 Å². The summed E-state index contributed by atoms with van der Waals surface area (Å²) in [5, 5.41) is 0. The average Bonchev–Trinajstić information content (AvgIpc) is 3.23. The van der Waals surface area contributed by atoms with Crippen LogP contribution in [0.4, 0.5) is 0 Å². The Balaban J connectivity index is 1.53. The van der Waals surface area contributed by atoms with E-state index < -0.39 is 0 Å². The molecule has 0 N–H and O–H groups in total. The fourth-order valence-corrected chi connectivity index (χ4v) is 3.43. The molecule has 1 aromatic heterocycles. The number of hydrogen-bond donors (Lipinski definition) is 0. The lowest BCUT2D eigenvalue weighted by Gasteiger charge is -2.37. The second-order valence-corrected chi connectivity index (χ2v) is 6.33. The van der Waals surface area contributed by atoms with E-state index in [1.807, 2.05) is 35.2 Å². The second kappa shape index (κ2) is 7.29. The van der Waals surface area contributed by atoms with Crippen LogP contribution in [-0.4, -0.2) is 52.9 Å². The van der Waals surface area contributed by atoms with Crippen molar-refractivity contribution >= 4 is 5.91 Å². The molecule has 130 valence electrons. The molecule has 1 aromatic carbocycles. The lowest BCUT2D eigenvalue weighted by molar-refractivity contribution is -0.100. The Morgan fingerprint density at radius 1 is 1.04 bits per heavy atom. The van der Waals surface area contributed by atoms with Gasteiger partial charge in [0, 0.05) is 24.5 Å². The number of piperidine rings is 1. The van der Waals surface area contributed by atoms with Crippen molar-refractivity contribution in [2.75, 3.05) is 19.8 Å². The molecule has 0 saturated carbocycles. The second-order valence-electron chi connectivity index (χ2n) is 6.33. The van der Waals surface area contributed by atoms with Crippen molar-refractivity contribution in [3.05, 3.63) is 48.3 Å². The predicted molar refractivity (Wildman–Crippen MR) is 91.8 cm³/mol. The Hall–Kier alpha value is -2.31. The standard InChI is InChI=1S/C19H21N3O3/c23-18(22-9-5-4-8-16(22)19-24-10-11-25-19)15-12-20-17(21-13-15)14-6-2-1-3-7-14/h1-3,6-7,12-13,16,19H,4-5,8-11H2/t16-/m1/s1. The highest BCUT2D eigenvalue weighted by molar-refractivity contribution is 5.94. The van der Waals surface area contributed by atoms with E-state index in [2.05, 4.69) is 9.97 Å². The third-order valence-electron chi connectivity index (χ3n) is 4.70. The van der Waals surface area contributed by atoms with Crippen LogP contribution in [-0.2, 0) is 9.47 Å². The van der Waals surface area contributed by atoms with Crippen LogP contribution in [0.2, 0.25) is 0 Å². The molecule has 0 spiro atoms. The highest BCUT2D eigenvalue weighted by atomic mass is 16.7. The zero-order valence-electron chi connectivity index (χ0n) is 14.0. The lowest BCUT2D eigenvalue weighted by Crippen LogP contribution is -2.50. The van der Waals surface area contributed by atoms with Gasteiger partial charge in [0.2, 0.25) is 0 Å². The molecular formula is C19H21N3O3. The predicted octanol–water partition coefficient (Wildman–Crippen LogP) is 2.51. The van der Waals surface area contributed by atoms with Crippen molar-refractivity contribution in [1.29, 1.82) is 0 Å². The van der Waals surface area contributed by atoms with Gasteiger partial charge in [-0.15, -0.1) is 0 Å². The maximum Gasteiger partial charge on any atom is 0.257 e. The molecule has 0 aliphatic carbocycles. The van der Waals surface area contributed by atoms with E-state index in [-0.39, 0.29) is 18.2 Å². The van der Waals surface area contributed by atoms with Gasteiger partial charge in [0.25, 0.3) is 5.91 Å². The Kier molecular flexibility index (Phi) is 4.72. The molecule has 6 nitrogen and oxygen atoms in total. The zero-order valence-corrected chi connectivity index (χ0v) is 14.0. The smallest absolute Gasteiger partial charge is 0.257 e. The molecular weight excluding hydrogens is 318 g/mol. The molecule has 0 radical (unpaired) electrons. The van der Waals surface area contributed by atoms with E-state index in [0.29, 0.717) is 31.1 Å². The minimum atomic E-state index is -0.311. The third kappa shape index (κ3) is 3.41. The molecule has 2 aromatic rings. The van der Waals surface area contributed by atoms with Crippen molar-refractivity contribution in [3.63, 3.8) is 0 Å². The molecule has 2 saturated heterocycles. The number of carbonyl (C=O) groups excluding carboxylic acids is 1. The van der Waals surface area contributed by atoms with E-state index in [9.17, 15) is 4.79 Å². The molecule has 2 aliphatic rings. The molecule has 0 bridgehead atoms. The molecule has 2 aliphatic heterocycles. The van der Waals surface area contributed by atoms with Gasteiger partial charge < -0.3 is 14.4 Å². The Morgan fingerprint density at radius 3 is 2.48 bits per heavy atom. The number of aromatic nitrogens is 2. The van der Waals surface area contributed by atoms with E-state index in [0.717, 1.165) is 24.8 Å². The highest BCUT2D eigenvalue weighted by Crippen LogP contribution is 2.26.